The molecule has 12 heteroatoms. The van der Waals surface area contributed by atoms with Crippen molar-refractivity contribution in [1.29, 1.82) is 0 Å². The zero-order chi connectivity index (χ0) is 32.8. The lowest BCUT2D eigenvalue weighted by atomic mass is 9.88. The molecule has 1 aliphatic heterocycles. The number of alkyl halides is 2. The first-order valence-electron chi connectivity index (χ1n) is 14.2. The van der Waals surface area contributed by atoms with E-state index in [4.69, 9.17) is 23.7 Å². The molecule has 2 aromatic carbocycles. The van der Waals surface area contributed by atoms with Gasteiger partial charge in [0, 0.05) is 49.4 Å². The summed E-state index contributed by atoms with van der Waals surface area (Å²) in [6, 6.07) is 15.7. The van der Waals surface area contributed by atoms with Gasteiger partial charge >= 0.3 is 23.9 Å². The Bertz CT molecular complexity index is 1540. The first-order chi connectivity index (χ1) is 21.3. The van der Waals surface area contributed by atoms with E-state index in [1.165, 1.54) is 51.2 Å². The predicted octanol–water partition coefficient (Wildman–Crippen LogP) is 6.05. The Kier molecular flexibility index (Phi) is 11.1. The van der Waals surface area contributed by atoms with Crippen LogP contribution >= 0.6 is 11.3 Å². The van der Waals surface area contributed by atoms with Crippen LogP contribution in [-0.4, -0.2) is 54.9 Å². The average molecular weight is 645 g/mol. The highest BCUT2D eigenvalue weighted by Crippen LogP contribution is 2.39. The van der Waals surface area contributed by atoms with Crippen LogP contribution in [0.4, 0.5) is 8.78 Å². The van der Waals surface area contributed by atoms with Crippen LogP contribution in [0.3, 0.4) is 0 Å². The number of ether oxygens (including phenoxy) is 5. The summed E-state index contributed by atoms with van der Waals surface area (Å²) in [5, 5.41) is 0. The third kappa shape index (κ3) is 8.73. The molecule has 0 spiro atoms. The number of carbonyl (C=O) groups excluding carboxylic acids is 4. The van der Waals surface area contributed by atoms with Gasteiger partial charge in [-0.3, -0.25) is 19.2 Å². The minimum atomic E-state index is -2.53. The van der Waals surface area contributed by atoms with Gasteiger partial charge in [0.05, 0.1) is 0 Å². The molecule has 45 heavy (non-hydrogen) atoms. The van der Waals surface area contributed by atoms with Gasteiger partial charge in [-0.2, -0.15) is 0 Å². The van der Waals surface area contributed by atoms with Crippen LogP contribution in [0.15, 0.2) is 54.6 Å². The van der Waals surface area contributed by atoms with Crippen molar-refractivity contribution < 1.29 is 51.6 Å². The van der Waals surface area contributed by atoms with Crippen molar-refractivity contribution in [3.05, 3.63) is 81.7 Å². The molecule has 2 heterocycles. The Hall–Kier alpha value is -4.16. The lowest BCUT2D eigenvalue weighted by Crippen LogP contribution is -2.59. The zero-order valence-electron chi connectivity index (χ0n) is 25.4. The molecule has 0 amide bonds. The molecule has 0 bridgehead atoms. The molecule has 1 aliphatic rings. The zero-order valence-corrected chi connectivity index (χ0v) is 26.2. The Balaban J connectivity index is 1.68. The molecule has 0 saturated carbocycles. The fourth-order valence-electron chi connectivity index (χ4n) is 5.16. The van der Waals surface area contributed by atoms with Gasteiger partial charge < -0.3 is 23.7 Å². The summed E-state index contributed by atoms with van der Waals surface area (Å²) in [5.74, 6) is -2.68. The Morgan fingerprint density at radius 1 is 0.800 bits per heavy atom. The first-order valence-corrected chi connectivity index (χ1v) is 15.0. The van der Waals surface area contributed by atoms with Crippen molar-refractivity contribution in [2.75, 3.05) is 6.61 Å². The van der Waals surface area contributed by atoms with Crippen LogP contribution in [0.5, 0.6) is 0 Å². The predicted molar refractivity (Wildman–Crippen MR) is 160 cm³/mol. The minimum Gasteiger partial charge on any atom is -0.463 e. The van der Waals surface area contributed by atoms with E-state index in [1.807, 2.05) is 31.2 Å². The number of benzene rings is 2. The normalized spacial score (nSPS) is 21.2. The highest BCUT2D eigenvalue weighted by molar-refractivity contribution is 7.15. The van der Waals surface area contributed by atoms with E-state index < -0.39 is 60.8 Å². The van der Waals surface area contributed by atoms with Gasteiger partial charge in [-0.25, -0.2) is 8.78 Å². The average Bonchev–Trinajstić information content (AvgIpc) is 3.43. The van der Waals surface area contributed by atoms with Crippen LogP contribution in [0.2, 0.25) is 0 Å². The second kappa shape index (κ2) is 14.7. The van der Waals surface area contributed by atoms with Crippen molar-refractivity contribution in [3.63, 3.8) is 0 Å². The molecule has 0 N–H and O–H groups in total. The van der Waals surface area contributed by atoms with Crippen LogP contribution in [0.1, 0.15) is 67.4 Å². The fraction of sp³-hybridized carbons (Fsp3) is 0.394. The van der Waals surface area contributed by atoms with Crippen LogP contribution < -0.4 is 0 Å². The van der Waals surface area contributed by atoms with Crippen molar-refractivity contribution in [2.24, 2.45) is 0 Å². The molecule has 5 atom stereocenters. The lowest BCUT2D eigenvalue weighted by Gasteiger charge is -2.44. The Morgan fingerprint density at radius 3 is 2.02 bits per heavy atom. The lowest BCUT2D eigenvalue weighted by molar-refractivity contribution is -0.254. The topological polar surface area (TPSA) is 114 Å². The van der Waals surface area contributed by atoms with Crippen LogP contribution in [0.25, 0.3) is 10.4 Å². The molecule has 0 unspecified atom stereocenters. The maximum atomic E-state index is 13.0. The third-order valence-electron chi connectivity index (χ3n) is 7.17. The number of hydrogen-bond donors (Lipinski definition) is 0. The second-order valence-corrected chi connectivity index (χ2v) is 11.8. The summed E-state index contributed by atoms with van der Waals surface area (Å²) in [6.45, 7) is 6.39. The van der Waals surface area contributed by atoms with Crippen molar-refractivity contribution in [3.8, 4) is 10.4 Å². The van der Waals surface area contributed by atoms with Gasteiger partial charge in [-0.05, 0) is 41.3 Å². The van der Waals surface area contributed by atoms with Gasteiger partial charge in [0.2, 0.25) is 0 Å². The number of thiophene rings is 1. The number of rotatable bonds is 10. The summed E-state index contributed by atoms with van der Waals surface area (Å²) >= 11 is 1.53. The Morgan fingerprint density at radius 2 is 1.42 bits per heavy atom. The number of hydrogen-bond acceptors (Lipinski definition) is 10. The monoisotopic (exact) mass is 644 g/mol. The van der Waals surface area contributed by atoms with Crippen molar-refractivity contribution in [2.45, 2.75) is 78.0 Å². The molecule has 1 aromatic heterocycles. The molecule has 3 aromatic rings. The SMILES string of the molecule is CC(=O)OC[C@H]1O[C@@H](c2ccc(C)c(Cc3ccc(-c4ccc(C(F)F)cc4)s3)c2)[C@H](OC(C)=O)[C@@H](OC(C)=O)[C@@H]1OC(C)=O. The number of aryl methyl sites for hydroxylation is 1. The summed E-state index contributed by atoms with van der Waals surface area (Å²) in [6.07, 6.45) is -7.76. The van der Waals surface area contributed by atoms with E-state index in [9.17, 15) is 28.0 Å². The van der Waals surface area contributed by atoms with Gasteiger partial charge in [-0.1, -0.05) is 42.5 Å². The molecule has 9 nitrogen and oxygen atoms in total. The Labute approximate surface area is 263 Å². The van der Waals surface area contributed by atoms with E-state index in [2.05, 4.69) is 0 Å². The van der Waals surface area contributed by atoms with E-state index >= 15 is 0 Å². The number of esters is 4. The smallest absolute Gasteiger partial charge is 0.303 e. The molecule has 240 valence electrons. The highest BCUT2D eigenvalue weighted by atomic mass is 32.1. The van der Waals surface area contributed by atoms with Crippen LogP contribution in [-0.2, 0) is 49.3 Å². The van der Waals surface area contributed by atoms with E-state index in [-0.39, 0.29) is 12.2 Å². The summed E-state index contributed by atoms with van der Waals surface area (Å²) < 4.78 is 54.1. The minimum absolute atomic E-state index is 0.0369. The summed E-state index contributed by atoms with van der Waals surface area (Å²) in [4.78, 5) is 50.1. The largest absolute Gasteiger partial charge is 0.463 e. The molecule has 1 saturated heterocycles. The van der Waals surface area contributed by atoms with Gasteiger partial charge in [0.1, 0.15) is 18.8 Å². The van der Waals surface area contributed by atoms with E-state index in [1.54, 1.807) is 18.2 Å². The standard InChI is InChI=1S/C33H34F2O9S/c1-17-6-7-24(14-25(17)15-26-12-13-28(45-26)22-8-10-23(11-9-22)33(34)35)29-31(42-20(4)38)32(43-21(5)39)30(41-19(3)37)27(44-29)16-40-18(2)36/h6-14,27,29-33H,15-16H2,1-5H3/t27-,29+,30-,31+,32+/m1/s1. The second-order valence-electron chi connectivity index (χ2n) is 10.7. The quantitative estimate of drug-likeness (QED) is 0.192. The maximum Gasteiger partial charge on any atom is 0.303 e. The summed E-state index contributed by atoms with van der Waals surface area (Å²) in [5.41, 5.74) is 3.29. The maximum absolute atomic E-state index is 13.0. The first kappa shape index (κ1) is 33.7. The van der Waals surface area contributed by atoms with E-state index in [0.29, 0.717) is 12.0 Å². The molecular formula is C33H34F2O9S. The molecule has 4 rings (SSSR count). The van der Waals surface area contributed by atoms with Gasteiger partial charge in [-0.15, -0.1) is 11.3 Å². The van der Waals surface area contributed by atoms with E-state index in [0.717, 1.165) is 26.4 Å². The molecule has 0 radical (unpaired) electrons. The van der Waals surface area contributed by atoms with Crippen molar-refractivity contribution >= 4 is 35.2 Å². The third-order valence-corrected chi connectivity index (χ3v) is 8.30. The van der Waals surface area contributed by atoms with Gasteiger partial charge in [0.15, 0.2) is 18.3 Å². The number of halogens is 2. The molecular weight excluding hydrogens is 610 g/mol. The number of carbonyl (C=O) groups is 4. The summed E-state index contributed by atoms with van der Waals surface area (Å²) in [7, 11) is 0. The highest BCUT2D eigenvalue weighted by Gasteiger charge is 2.52. The van der Waals surface area contributed by atoms with Crippen LogP contribution in [0, 0.1) is 6.92 Å². The molecule has 0 aliphatic carbocycles. The van der Waals surface area contributed by atoms with Gasteiger partial charge in [0.25, 0.3) is 6.43 Å². The molecule has 1 fully saturated rings. The fourth-order valence-corrected chi connectivity index (χ4v) is 6.20. The van der Waals surface area contributed by atoms with Crippen molar-refractivity contribution in [1.82, 2.24) is 0 Å².